The minimum atomic E-state index is -1.71. The van der Waals surface area contributed by atoms with Gasteiger partial charge in [0, 0.05) is 10.9 Å². The fourth-order valence-electron chi connectivity index (χ4n) is 1.94. The molecule has 1 rings (SSSR count). The highest BCUT2D eigenvalue weighted by molar-refractivity contribution is 9.09. The zero-order chi connectivity index (χ0) is 18.4. The lowest BCUT2D eigenvalue weighted by molar-refractivity contribution is 0.112. The lowest BCUT2D eigenvalue weighted by Crippen LogP contribution is -2.33. The Hall–Kier alpha value is -1.33. The van der Waals surface area contributed by atoms with Gasteiger partial charge in [-0.15, -0.1) is 0 Å². The molecule has 0 radical (unpaired) electrons. The topological polar surface area (TPSA) is 35.5 Å². The normalized spacial score (nSPS) is 10.7. The van der Waals surface area contributed by atoms with Crippen LogP contribution >= 0.6 is 15.9 Å². The zero-order valence-corrected chi connectivity index (χ0v) is 17.8. The van der Waals surface area contributed by atoms with Crippen molar-refractivity contribution in [2.24, 2.45) is 0 Å². The van der Waals surface area contributed by atoms with E-state index in [0.717, 1.165) is 23.4 Å². The van der Waals surface area contributed by atoms with E-state index in [2.05, 4.69) is 42.5 Å². The Bertz CT molecular complexity index is 527. The standard InChI is InChI=1S/C14H22O3Si.C5H7Br/c1-5-6-9-18(3,4)17-13-8-7-12(11-15)10-14(13)16-2;1-2-3-4-5-6/h7-8,10-11H,5-6,9H2,1-4H3;2-4H,1,5H2/b;4-3+. The summed E-state index contributed by atoms with van der Waals surface area (Å²) in [7, 11) is -0.114. The minimum Gasteiger partial charge on any atom is -0.542 e. The number of carbonyl (C=O) groups excluding carboxylic acids is 1. The molecule has 0 N–H and O–H groups in total. The third-order valence-electron chi connectivity index (χ3n) is 3.20. The van der Waals surface area contributed by atoms with Gasteiger partial charge < -0.3 is 9.16 Å². The van der Waals surface area contributed by atoms with Crippen LogP contribution in [0.25, 0.3) is 0 Å². The van der Waals surface area contributed by atoms with Crippen LogP contribution < -0.4 is 9.16 Å². The summed E-state index contributed by atoms with van der Waals surface area (Å²) in [6.07, 6.45) is 8.81. The van der Waals surface area contributed by atoms with E-state index < -0.39 is 8.32 Å². The van der Waals surface area contributed by atoms with Crippen molar-refractivity contribution in [2.45, 2.75) is 38.9 Å². The molecule has 0 spiro atoms. The van der Waals surface area contributed by atoms with Crippen LogP contribution in [0.1, 0.15) is 30.1 Å². The molecule has 0 unspecified atom stereocenters. The van der Waals surface area contributed by atoms with E-state index in [9.17, 15) is 4.79 Å². The van der Waals surface area contributed by atoms with Crippen molar-refractivity contribution < 1.29 is 14.0 Å². The zero-order valence-electron chi connectivity index (χ0n) is 15.2. The average molecular weight is 413 g/mol. The minimum absolute atomic E-state index is 0.604. The van der Waals surface area contributed by atoms with Gasteiger partial charge in [-0.25, -0.2) is 0 Å². The van der Waals surface area contributed by atoms with Crippen LogP contribution in [0.5, 0.6) is 11.5 Å². The van der Waals surface area contributed by atoms with Crippen molar-refractivity contribution >= 4 is 30.5 Å². The number of rotatable bonds is 9. The number of halogens is 1. The molecule has 0 fully saturated rings. The van der Waals surface area contributed by atoms with Gasteiger partial charge in [0.05, 0.1) is 7.11 Å². The quantitative estimate of drug-likeness (QED) is 0.215. The first kappa shape index (κ1) is 22.7. The van der Waals surface area contributed by atoms with E-state index >= 15 is 0 Å². The molecule has 0 heterocycles. The molecule has 0 aliphatic carbocycles. The number of allylic oxidation sites excluding steroid dienone is 3. The molecule has 0 aliphatic rings. The number of carbonyl (C=O) groups is 1. The first-order valence-electron chi connectivity index (χ1n) is 8.09. The Morgan fingerprint density at radius 3 is 2.46 bits per heavy atom. The fraction of sp³-hybridized carbons (Fsp3) is 0.421. The molecule has 1 aromatic carbocycles. The van der Waals surface area contributed by atoms with Gasteiger partial charge in [-0.2, -0.15) is 0 Å². The largest absolute Gasteiger partial charge is 0.542 e. The van der Waals surface area contributed by atoms with Crippen molar-refractivity contribution in [3.63, 3.8) is 0 Å². The van der Waals surface area contributed by atoms with E-state index in [4.69, 9.17) is 9.16 Å². The predicted octanol–water partition coefficient (Wildman–Crippen LogP) is 6.02. The summed E-state index contributed by atoms with van der Waals surface area (Å²) >= 11 is 3.22. The van der Waals surface area contributed by atoms with E-state index in [-0.39, 0.29) is 0 Å². The maximum Gasteiger partial charge on any atom is 0.245 e. The number of ether oxygens (including phenoxy) is 1. The Balaban J connectivity index is 0.000000754. The highest BCUT2D eigenvalue weighted by Crippen LogP contribution is 2.31. The Morgan fingerprint density at radius 2 is 2.00 bits per heavy atom. The average Bonchev–Trinajstić information content (AvgIpc) is 2.58. The van der Waals surface area contributed by atoms with Gasteiger partial charge in [-0.1, -0.05) is 60.5 Å². The first-order chi connectivity index (χ1) is 11.4. The van der Waals surface area contributed by atoms with Crippen LogP contribution in [0.15, 0.2) is 43.0 Å². The van der Waals surface area contributed by atoms with Crippen molar-refractivity contribution in [1.82, 2.24) is 0 Å². The molecule has 0 atom stereocenters. The fourth-order valence-corrected chi connectivity index (χ4v) is 4.23. The molecular formula is C19H29BrO3Si. The first-order valence-corrected chi connectivity index (χ1v) is 12.3. The maximum absolute atomic E-state index is 10.7. The van der Waals surface area contributed by atoms with E-state index in [1.807, 2.05) is 18.2 Å². The van der Waals surface area contributed by atoms with Crippen LogP contribution in [0.3, 0.4) is 0 Å². The van der Waals surface area contributed by atoms with Crippen LogP contribution in [-0.4, -0.2) is 27.0 Å². The van der Waals surface area contributed by atoms with Gasteiger partial charge in [-0.05, 0) is 37.3 Å². The van der Waals surface area contributed by atoms with Gasteiger partial charge in [0.25, 0.3) is 0 Å². The Labute approximate surface area is 156 Å². The molecule has 0 saturated carbocycles. The number of benzene rings is 1. The monoisotopic (exact) mass is 412 g/mol. The molecule has 0 amide bonds. The molecular weight excluding hydrogens is 384 g/mol. The Morgan fingerprint density at radius 1 is 1.29 bits per heavy atom. The SMILES string of the molecule is C=C/C=C/CBr.CCCC[Si](C)(C)Oc1ccc(C=O)cc1OC. The Kier molecular flexibility index (Phi) is 12.3. The predicted molar refractivity (Wildman–Crippen MR) is 109 cm³/mol. The summed E-state index contributed by atoms with van der Waals surface area (Å²) in [6, 6.07) is 6.42. The summed E-state index contributed by atoms with van der Waals surface area (Å²) in [5, 5.41) is 0.916. The van der Waals surface area contributed by atoms with E-state index in [1.165, 1.54) is 12.8 Å². The van der Waals surface area contributed by atoms with Gasteiger partial charge in [0.15, 0.2) is 5.75 Å². The third kappa shape index (κ3) is 9.73. The molecule has 3 nitrogen and oxygen atoms in total. The van der Waals surface area contributed by atoms with Gasteiger partial charge in [0.2, 0.25) is 8.32 Å². The van der Waals surface area contributed by atoms with Crippen molar-refractivity contribution in [1.29, 1.82) is 0 Å². The molecule has 134 valence electrons. The number of aldehydes is 1. The molecule has 1 aromatic rings. The summed E-state index contributed by atoms with van der Waals surface area (Å²) < 4.78 is 11.4. The summed E-state index contributed by atoms with van der Waals surface area (Å²) in [5.41, 5.74) is 0.604. The number of hydrogen-bond acceptors (Lipinski definition) is 3. The third-order valence-corrected chi connectivity index (χ3v) is 5.91. The summed E-state index contributed by atoms with van der Waals surface area (Å²) in [5.74, 6) is 1.38. The molecule has 0 aliphatic heterocycles. The van der Waals surface area contributed by atoms with E-state index in [0.29, 0.717) is 11.3 Å². The smallest absolute Gasteiger partial charge is 0.245 e. The second-order valence-electron chi connectivity index (χ2n) is 5.81. The molecule has 0 saturated heterocycles. The number of methoxy groups -OCH3 is 1. The highest BCUT2D eigenvalue weighted by atomic mass is 79.9. The number of alkyl halides is 1. The van der Waals surface area contributed by atoms with E-state index in [1.54, 1.807) is 25.3 Å². The number of unbranched alkanes of at least 4 members (excludes halogenated alkanes) is 1. The van der Waals surface area contributed by atoms with Crippen LogP contribution in [0.2, 0.25) is 19.1 Å². The van der Waals surface area contributed by atoms with Crippen LogP contribution in [-0.2, 0) is 0 Å². The summed E-state index contributed by atoms with van der Waals surface area (Å²) in [6.45, 7) is 10.1. The van der Waals surface area contributed by atoms with Crippen LogP contribution in [0, 0.1) is 0 Å². The van der Waals surface area contributed by atoms with Crippen molar-refractivity contribution in [3.8, 4) is 11.5 Å². The molecule has 0 aromatic heterocycles. The highest BCUT2D eigenvalue weighted by Gasteiger charge is 2.25. The number of hydrogen-bond donors (Lipinski definition) is 0. The lowest BCUT2D eigenvalue weighted by atomic mass is 10.2. The van der Waals surface area contributed by atoms with Crippen LogP contribution in [0.4, 0.5) is 0 Å². The summed E-state index contributed by atoms with van der Waals surface area (Å²) in [4.78, 5) is 10.7. The van der Waals surface area contributed by atoms with Crippen molar-refractivity contribution in [3.05, 3.63) is 48.6 Å². The van der Waals surface area contributed by atoms with Gasteiger partial charge in [0.1, 0.15) is 12.0 Å². The van der Waals surface area contributed by atoms with Gasteiger partial charge >= 0.3 is 0 Å². The second-order valence-corrected chi connectivity index (χ2v) is 10.7. The van der Waals surface area contributed by atoms with Gasteiger partial charge in [-0.3, -0.25) is 4.79 Å². The molecule has 5 heteroatoms. The maximum atomic E-state index is 10.7. The molecule has 0 bridgehead atoms. The molecule has 24 heavy (non-hydrogen) atoms. The van der Waals surface area contributed by atoms with Crippen molar-refractivity contribution in [2.75, 3.05) is 12.4 Å². The second kappa shape index (κ2) is 13.0. The lowest BCUT2D eigenvalue weighted by Gasteiger charge is -2.25.